The summed E-state index contributed by atoms with van der Waals surface area (Å²) in [6.45, 7) is 8.25. The normalized spacial score (nSPS) is 13.6. The van der Waals surface area contributed by atoms with Gasteiger partial charge in [0.2, 0.25) is 0 Å². The van der Waals surface area contributed by atoms with Gasteiger partial charge in [0, 0.05) is 30.2 Å². The second-order valence-corrected chi connectivity index (χ2v) is 10.6. The van der Waals surface area contributed by atoms with E-state index in [0.717, 1.165) is 35.2 Å². The molecule has 206 valence electrons. The number of nitrogens with zero attached hydrogens (tertiary/aromatic N) is 6. The number of rotatable bonds is 3. The minimum atomic E-state index is -0.613. The quantitative estimate of drug-likeness (QED) is 0.317. The molecule has 1 saturated heterocycles. The Morgan fingerprint density at radius 3 is 2.61 bits per heavy atom. The predicted molar refractivity (Wildman–Crippen MR) is 157 cm³/mol. The standard InChI is InChI=1S/C31H29N7O3/c1-31(2,3)41-30(39)36-27-13-9-22(20-32-27)28-25(12-11-23-10-8-21-6-4-5-7-24(21)34-23)35-29-26(14-15-33-38(28)29)37-16-18-40-19-17-37/h4-10,13-15,20H,16-19H2,1-3H3,(H,32,36,39). The van der Waals surface area contributed by atoms with Crippen LogP contribution in [0, 0.1) is 11.8 Å². The van der Waals surface area contributed by atoms with E-state index in [1.54, 1.807) is 23.0 Å². The number of imidazole rings is 1. The first kappa shape index (κ1) is 26.2. The lowest BCUT2D eigenvalue weighted by Gasteiger charge is -2.28. The Labute approximate surface area is 237 Å². The van der Waals surface area contributed by atoms with Gasteiger partial charge in [0.1, 0.15) is 28.5 Å². The number of benzene rings is 1. The van der Waals surface area contributed by atoms with E-state index in [0.29, 0.717) is 41.8 Å². The molecule has 1 N–H and O–H groups in total. The molecule has 0 radical (unpaired) electrons. The van der Waals surface area contributed by atoms with Gasteiger partial charge in [-0.3, -0.25) is 5.32 Å². The lowest BCUT2D eigenvalue weighted by Crippen LogP contribution is -2.36. The fourth-order valence-electron chi connectivity index (χ4n) is 4.61. The molecular formula is C31H29N7O3. The van der Waals surface area contributed by atoms with E-state index < -0.39 is 11.7 Å². The van der Waals surface area contributed by atoms with E-state index in [1.165, 1.54) is 0 Å². The van der Waals surface area contributed by atoms with Crippen molar-refractivity contribution in [2.75, 3.05) is 36.5 Å². The fraction of sp³-hybridized carbons (Fsp3) is 0.258. The Hall–Kier alpha value is -5.01. The Kier molecular flexibility index (Phi) is 6.95. The average Bonchev–Trinajstić information content (AvgIpc) is 3.34. The van der Waals surface area contributed by atoms with Gasteiger partial charge in [-0.25, -0.2) is 24.3 Å². The molecule has 41 heavy (non-hydrogen) atoms. The minimum absolute atomic E-state index is 0.367. The molecule has 1 aliphatic rings. The van der Waals surface area contributed by atoms with Crippen LogP contribution in [0.15, 0.2) is 67.0 Å². The topological polar surface area (TPSA) is 107 Å². The highest BCUT2D eigenvalue weighted by Gasteiger charge is 2.22. The van der Waals surface area contributed by atoms with Gasteiger partial charge >= 0.3 is 6.09 Å². The highest BCUT2D eigenvalue weighted by molar-refractivity contribution is 5.84. The maximum Gasteiger partial charge on any atom is 0.413 e. The molecule has 0 atom stereocenters. The second-order valence-electron chi connectivity index (χ2n) is 10.6. The number of anilines is 2. The first-order chi connectivity index (χ1) is 19.8. The SMILES string of the molecule is CC(C)(C)OC(=O)Nc1ccc(-c2c(C#Cc3ccc4ccccc4n3)nc3c(N4CCOCC4)ccnn23)cn1. The first-order valence-corrected chi connectivity index (χ1v) is 13.4. The Bertz CT molecular complexity index is 1790. The smallest absolute Gasteiger partial charge is 0.413 e. The number of aromatic nitrogens is 5. The van der Waals surface area contributed by atoms with Crippen LogP contribution in [0.3, 0.4) is 0 Å². The molecule has 6 rings (SSSR count). The van der Waals surface area contributed by atoms with E-state index in [9.17, 15) is 4.79 Å². The summed E-state index contributed by atoms with van der Waals surface area (Å²) in [7, 11) is 0. The molecule has 1 aromatic carbocycles. The monoisotopic (exact) mass is 547 g/mol. The average molecular weight is 548 g/mol. The largest absolute Gasteiger partial charge is 0.444 e. The lowest BCUT2D eigenvalue weighted by molar-refractivity contribution is 0.0635. The van der Waals surface area contributed by atoms with Gasteiger partial charge in [-0.05, 0) is 62.9 Å². The van der Waals surface area contributed by atoms with Crippen LogP contribution in [0.4, 0.5) is 16.3 Å². The van der Waals surface area contributed by atoms with Crippen molar-refractivity contribution in [2.45, 2.75) is 26.4 Å². The van der Waals surface area contributed by atoms with E-state index in [4.69, 9.17) is 19.4 Å². The molecule has 1 amide bonds. The maximum atomic E-state index is 12.2. The number of fused-ring (bicyclic) bond motifs is 2. The van der Waals surface area contributed by atoms with Crippen molar-refractivity contribution in [3.05, 3.63) is 78.4 Å². The number of hydrogen-bond acceptors (Lipinski definition) is 8. The Morgan fingerprint density at radius 1 is 1.00 bits per heavy atom. The van der Waals surface area contributed by atoms with Crippen LogP contribution in [0.5, 0.6) is 0 Å². The van der Waals surface area contributed by atoms with Gasteiger partial charge in [0.15, 0.2) is 5.65 Å². The number of morpholine rings is 1. The van der Waals surface area contributed by atoms with E-state index in [-0.39, 0.29) is 0 Å². The molecule has 5 heterocycles. The number of carbonyl (C=O) groups is 1. The molecule has 0 unspecified atom stereocenters. The Balaban J connectivity index is 1.41. The van der Waals surface area contributed by atoms with Crippen LogP contribution < -0.4 is 10.2 Å². The summed E-state index contributed by atoms with van der Waals surface area (Å²) in [4.78, 5) is 28.6. The molecule has 10 nitrogen and oxygen atoms in total. The van der Waals surface area contributed by atoms with E-state index >= 15 is 0 Å². The highest BCUT2D eigenvalue weighted by atomic mass is 16.6. The number of nitrogens with one attached hydrogen (secondary N) is 1. The summed E-state index contributed by atoms with van der Waals surface area (Å²) in [5, 5.41) is 8.36. The number of pyridine rings is 2. The summed E-state index contributed by atoms with van der Waals surface area (Å²) in [6, 6.07) is 17.4. The van der Waals surface area contributed by atoms with Crippen LogP contribution in [-0.2, 0) is 9.47 Å². The molecule has 1 fully saturated rings. The third-order valence-corrected chi connectivity index (χ3v) is 6.42. The maximum absolute atomic E-state index is 12.2. The number of ether oxygens (including phenoxy) is 2. The third kappa shape index (κ3) is 5.81. The van der Waals surface area contributed by atoms with Gasteiger partial charge in [-0.1, -0.05) is 24.3 Å². The summed E-state index contributed by atoms with van der Waals surface area (Å²) in [5.41, 5.74) is 4.54. The van der Waals surface area contributed by atoms with Crippen LogP contribution in [0.2, 0.25) is 0 Å². The van der Waals surface area contributed by atoms with Crippen molar-refractivity contribution in [3.8, 4) is 23.1 Å². The van der Waals surface area contributed by atoms with Crippen molar-refractivity contribution in [1.29, 1.82) is 0 Å². The van der Waals surface area contributed by atoms with Crippen molar-refractivity contribution < 1.29 is 14.3 Å². The summed E-state index contributed by atoms with van der Waals surface area (Å²) in [6.07, 6.45) is 2.86. The van der Waals surface area contributed by atoms with Gasteiger partial charge < -0.3 is 14.4 Å². The fourth-order valence-corrected chi connectivity index (χ4v) is 4.61. The zero-order valence-corrected chi connectivity index (χ0v) is 23.1. The molecule has 0 saturated carbocycles. The van der Waals surface area contributed by atoms with Gasteiger partial charge in [-0.15, -0.1) is 0 Å². The minimum Gasteiger partial charge on any atom is -0.444 e. The molecule has 10 heteroatoms. The van der Waals surface area contributed by atoms with E-state index in [1.807, 2.05) is 69.3 Å². The molecule has 5 aromatic rings. The van der Waals surface area contributed by atoms with Crippen molar-refractivity contribution in [2.24, 2.45) is 0 Å². The summed E-state index contributed by atoms with van der Waals surface area (Å²) in [5.74, 6) is 6.80. The molecule has 0 aliphatic carbocycles. The number of amides is 1. The Morgan fingerprint density at radius 2 is 1.83 bits per heavy atom. The van der Waals surface area contributed by atoms with E-state index in [2.05, 4.69) is 32.1 Å². The number of para-hydroxylation sites is 1. The van der Waals surface area contributed by atoms with Crippen LogP contribution >= 0.6 is 0 Å². The first-order valence-electron chi connectivity index (χ1n) is 13.4. The molecule has 4 aromatic heterocycles. The van der Waals surface area contributed by atoms with Gasteiger partial charge in [-0.2, -0.15) is 5.10 Å². The van der Waals surface area contributed by atoms with Crippen molar-refractivity contribution in [3.63, 3.8) is 0 Å². The van der Waals surface area contributed by atoms with Crippen LogP contribution in [-0.4, -0.2) is 62.6 Å². The zero-order chi connectivity index (χ0) is 28.4. The van der Waals surface area contributed by atoms with Gasteiger partial charge in [0.25, 0.3) is 0 Å². The lowest BCUT2D eigenvalue weighted by atomic mass is 10.1. The summed E-state index contributed by atoms with van der Waals surface area (Å²) >= 11 is 0. The third-order valence-electron chi connectivity index (χ3n) is 6.42. The van der Waals surface area contributed by atoms with Crippen molar-refractivity contribution in [1.82, 2.24) is 24.6 Å². The van der Waals surface area contributed by atoms with Crippen molar-refractivity contribution >= 4 is 34.1 Å². The molecule has 0 spiro atoms. The number of hydrogen-bond donors (Lipinski definition) is 1. The highest BCUT2D eigenvalue weighted by Crippen LogP contribution is 2.29. The summed E-state index contributed by atoms with van der Waals surface area (Å²) < 4.78 is 12.7. The van der Waals surface area contributed by atoms with Gasteiger partial charge in [0.05, 0.1) is 30.6 Å². The second kappa shape index (κ2) is 10.9. The molecule has 1 aliphatic heterocycles. The number of carbonyl (C=O) groups excluding carboxylic acids is 1. The predicted octanol–water partition coefficient (Wildman–Crippen LogP) is 4.92. The van der Waals surface area contributed by atoms with Crippen LogP contribution in [0.1, 0.15) is 32.2 Å². The zero-order valence-electron chi connectivity index (χ0n) is 23.1. The molecule has 0 bridgehead atoms. The van der Waals surface area contributed by atoms with Crippen LogP contribution in [0.25, 0.3) is 27.8 Å². The molecular weight excluding hydrogens is 518 g/mol.